The quantitative estimate of drug-likeness (QED) is 0.774. The van der Waals surface area contributed by atoms with Gasteiger partial charge in [0.05, 0.1) is 6.04 Å². The van der Waals surface area contributed by atoms with Crippen molar-refractivity contribution in [2.24, 2.45) is 11.8 Å². The van der Waals surface area contributed by atoms with E-state index >= 15 is 0 Å². The van der Waals surface area contributed by atoms with Crippen molar-refractivity contribution in [2.45, 2.75) is 65.5 Å². The van der Waals surface area contributed by atoms with Crippen LogP contribution in [0.1, 0.15) is 53.4 Å². The molecule has 0 saturated carbocycles. The topological polar surface area (TPSA) is 41.1 Å². The molecule has 100 valence electrons. The predicted octanol–water partition coefficient (Wildman–Crippen LogP) is 2.32. The van der Waals surface area contributed by atoms with E-state index < -0.39 is 0 Å². The maximum atomic E-state index is 12.1. The molecule has 4 atom stereocenters. The first-order valence-corrected chi connectivity index (χ1v) is 7.06. The molecule has 17 heavy (non-hydrogen) atoms. The highest BCUT2D eigenvalue weighted by atomic mass is 16.2. The van der Waals surface area contributed by atoms with Crippen LogP contribution in [0.15, 0.2) is 0 Å². The standard InChI is InChI=1S/C14H28N2O/c1-5-10(2)8-12(4)16-14(17)13-9-11(3)6-7-15-13/h10-13,15H,5-9H2,1-4H3,(H,16,17). The SMILES string of the molecule is CCC(C)CC(C)NC(=O)C1CC(C)CCN1. The Morgan fingerprint density at radius 1 is 1.47 bits per heavy atom. The number of piperidine rings is 1. The van der Waals surface area contributed by atoms with Crippen molar-refractivity contribution in [3.05, 3.63) is 0 Å². The number of hydrogen-bond acceptors (Lipinski definition) is 2. The molecule has 4 unspecified atom stereocenters. The molecule has 0 aromatic heterocycles. The third kappa shape index (κ3) is 5.07. The van der Waals surface area contributed by atoms with Gasteiger partial charge in [-0.1, -0.05) is 27.2 Å². The zero-order valence-electron chi connectivity index (χ0n) is 11.8. The van der Waals surface area contributed by atoms with E-state index in [2.05, 4.69) is 38.3 Å². The molecule has 0 bridgehead atoms. The zero-order valence-corrected chi connectivity index (χ0v) is 11.8. The Kier molecular flexibility index (Phi) is 5.96. The fourth-order valence-electron chi connectivity index (χ4n) is 2.48. The van der Waals surface area contributed by atoms with E-state index in [1.807, 2.05) is 0 Å². The van der Waals surface area contributed by atoms with Gasteiger partial charge in [0.25, 0.3) is 0 Å². The second-order valence-electron chi connectivity index (χ2n) is 5.80. The van der Waals surface area contributed by atoms with Crippen LogP contribution < -0.4 is 10.6 Å². The number of nitrogens with one attached hydrogen (secondary N) is 2. The van der Waals surface area contributed by atoms with Crippen molar-refractivity contribution < 1.29 is 4.79 Å². The molecule has 1 saturated heterocycles. The first-order valence-electron chi connectivity index (χ1n) is 7.06. The first kappa shape index (κ1) is 14.5. The molecule has 0 aromatic carbocycles. The largest absolute Gasteiger partial charge is 0.352 e. The number of hydrogen-bond donors (Lipinski definition) is 2. The van der Waals surface area contributed by atoms with Crippen molar-refractivity contribution in [3.8, 4) is 0 Å². The Hall–Kier alpha value is -0.570. The van der Waals surface area contributed by atoms with Gasteiger partial charge in [-0.05, 0) is 44.6 Å². The molecule has 3 nitrogen and oxygen atoms in total. The average Bonchev–Trinajstić information content (AvgIpc) is 2.28. The Labute approximate surface area is 106 Å². The van der Waals surface area contributed by atoms with E-state index in [0.717, 1.165) is 19.4 Å². The Morgan fingerprint density at radius 3 is 2.76 bits per heavy atom. The highest BCUT2D eigenvalue weighted by molar-refractivity contribution is 5.82. The fourth-order valence-corrected chi connectivity index (χ4v) is 2.48. The minimum Gasteiger partial charge on any atom is -0.352 e. The van der Waals surface area contributed by atoms with Crippen LogP contribution >= 0.6 is 0 Å². The summed E-state index contributed by atoms with van der Waals surface area (Å²) in [5.74, 6) is 1.53. The molecule has 3 heteroatoms. The van der Waals surface area contributed by atoms with Crippen molar-refractivity contribution >= 4 is 5.91 Å². The van der Waals surface area contributed by atoms with Gasteiger partial charge >= 0.3 is 0 Å². The van der Waals surface area contributed by atoms with E-state index in [9.17, 15) is 4.79 Å². The van der Waals surface area contributed by atoms with Gasteiger partial charge in [0.1, 0.15) is 0 Å². The molecule has 0 aliphatic carbocycles. The molecule has 1 aliphatic rings. The van der Waals surface area contributed by atoms with Gasteiger partial charge in [0, 0.05) is 6.04 Å². The molecular weight excluding hydrogens is 212 g/mol. The fraction of sp³-hybridized carbons (Fsp3) is 0.929. The van der Waals surface area contributed by atoms with E-state index in [0.29, 0.717) is 11.8 Å². The van der Waals surface area contributed by atoms with Crippen molar-refractivity contribution in [1.82, 2.24) is 10.6 Å². The van der Waals surface area contributed by atoms with Crippen molar-refractivity contribution in [1.29, 1.82) is 0 Å². The summed E-state index contributed by atoms with van der Waals surface area (Å²) in [5, 5.41) is 6.44. The highest BCUT2D eigenvalue weighted by Crippen LogP contribution is 2.16. The third-order valence-corrected chi connectivity index (χ3v) is 3.82. The normalized spacial score (nSPS) is 28.5. The van der Waals surface area contributed by atoms with Crippen molar-refractivity contribution in [3.63, 3.8) is 0 Å². The monoisotopic (exact) mass is 240 g/mol. The summed E-state index contributed by atoms with van der Waals surface area (Å²) in [6, 6.07) is 0.314. The number of carbonyl (C=O) groups is 1. The van der Waals surface area contributed by atoms with Gasteiger partial charge in [-0.2, -0.15) is 0 Å². The van der Waals surface area contributed by atoms with Crippen LogP contribution in [0.25, 0.3) is 0 Å². The Morgan fingerprint density at radius 2 is 2.18 bits per heavy atom. The summed E-state index contributed by atoms with van der Waals surface area (Å²) in [7, 11) is 0. The van der Waals surface area contributed by atoms with Crippen LogP contribution in [0.2, 0.25) is 0 Å². The van der Waals surface area contributed by atoms with Crippen LogP contribution in [0.3, 0.4) is 0 Å². The molecule has 0 radical (unpaired) electrons. The lowest BCUT2D eigenvalue weighted by Crippen LogP contribution is -2.50. The summed E-state index contributed by atoms with van der Waals surface area (Å²) in [5.41, 5.74) is 0. The maximum absolute atomic E-state index is 12.1. The summed E-state index contributed by atoms with van der Waals surface area (Å²) in [6.45, 7) is 9.74. The number of rotatable bonds is 5. The lowest BCUT2D eigenvalue weighted by Gasteiger charge is -2.28. The summed E-state index contributed by atoms with van der Waals surface area (Å²) in [4.78, 5) is 12.1. The molecule has 1 amide bonds. The van der Waals surface area contributed by atoms with Crippen LogP contribution in [0.4, 0.5) is 0 Å². The summed E-state index contributed by atoms with van der Waals surface area (Å²) >= 11 is 0. The van der Waals surface area contributed by atoms with E-state index in [1.165, 1.54) is 12.8 Å². The zero-order chi connectivity index (χ0) is 12.8. The molecule has 1 fully saturated rings. The Balaban J connectivity index is 2.32. The summed E-state index contributed by atoms with van der Waals surface area (Å²) in [6.07, 6.45) is 4.41. The van der Waals surface area contributed by atoms with Gasteiger partial charge in [-0.15, -0.1) is 0 Å². The smallest absolute Gasteiger partial charge is 0.237 e. The average molecular weight is 240 g/mol. The minimum absolute atomic E-state index is 0.0260. The van der Waals surface area contributed by atoms with Crippen LogP contribution in [0, 0.1) is 11.8 Å². The minimum atomic E-state index is 0.0260. The van der Waals surface area contributed by atoms with Crippen molar-refractivity contribution in [2.75, 3.05) is 6.54 Å². The van der Waals surface area contributed by atoms with Gasteiger partial charge in [0.15, 0.2) is 0 Å². The molecule has 2 N–H and O–H groups in total. The predicted molar refractivity (Wildman–Crippen MR) is 71.9 cm³/mol. The molecule has 1 heterocycles. The molecule has 1 aliphatic heterocycles. The lowest BCUT2D eigenvalue weighted by atomic mass is 9.93. The Bertz CT molecular complexity index is 242. The molecular formula is C14H28N2O. The number of amides is 1. The maximum Gasteiger partial charge on any atom is 0.237 e. The lowest BCUT2D eigenvalue weighted by molar-refractivity contribution is -0.124. The first-order chi connectivity index (χ1) is 8.02. The van der Waals surface area contributed by atoms with Gasteiger partial charge in [0.2, 0.25) is 5.91 Å². The van der Waals surface area contributed by atoms with E-state index in [-0.39, 0.29) is 18.0 Å². The molecule has 0 aromatic rings. The second-order valence-corrected chi connectivity index (χ2v) is 5.80. The number of carbonyl (C=O) groups excluding carboxylic acids is 1. The second kappa shape index (κ2) is 7.00. The van der Waals surface area contributed by atoms with E-state index in [1.54, 1.807) is 0 Å². The van der Waals surface area contributed by atoms with Crippen LogP contribution in [-0.4, -0.2) is 24.5 Å². The van der Waals surface area contributed by atoms with Crippen LogP contribution in [0.5, 0.6) is 0 Å². The molecule has 1 rings (SSSR count). The van der Waals surface area contributed by atoms with Crippen LogP contribution in [-0.2, 0) is 4.79 Å². The van der Waals surface area contributed by atoms with Gasteiger partial charge in [-0.25, -0.2) is 0 Å². The van der Waals surface area contributed by atoms with E-state index in [4.69, 9.17) is 0 Å². The molecule has 0 spiro atoms. The summed E-state index contributed by atoms with van der Waals surface area (Å²) < 4.78 is 0. The van der Waals surface area contributed by atoms with Gasteiger partial charge in [-0.3, -0.25) is 4.79 Å². The third-order valence-electron chi connectivity index (χ3n) is 3.82. The van der Waals surface area contributed by atoms with Gasteiger partial charge < -0.3 is 10.6 Å². The highest BCUT2D eigenvalue weighted by Gasteiger charge is 2.25.